The number of hydrogen-bond donors (Lipinski definition) is 1. The van der Waals surface area contributed by atoms with E-state index in [0.717, 1.165) is 0 Å². The molecule has 0 radical (unpaired) electrons. The van der Waals surface area contributed by atoms with E-state index in [-0.39, 0.29) is 15.6 Å². The van der Waals surface area contributed by atoms with Crippen LogP contribution in [-0.4, -0.2) is 15.6 Å². The highest BCUT2D eigenvalue weighted by molar-refractivity contribution is 6.35. The molecule has 1 N–H and O–H groups in total. The van der Waals surface area contributed by atoms with Crippen LogP contribution in [0.5, 0.6) is 0 Å². The molecule has 1 aromatic heterocycles. The number of halogens is 3. The highest BCUT2D eigenvalue weighted by Gasteiger charge is 2.17. The van der Waals surface area contributed by atoms with E-state index in [1.54, 1.807) is 24.5 Å². The van der Waals surface area contributed by atoms with Gasteiger partial charge in [-0.1, -0.05) is 23.2 Å². The Balaban J connectivity index is 2.69. The van der Waals surface area contributed by atoms with Crippen LogP contribution in [0, 0.1) is 19.7 Å². The number of aryl methyl sites for hydroxylation is 1. The van der Waals surface area contributed by atoms with Gasteiger partial charge in [0, 0.05) is 17.1 Å². The van der Waals surface area contributed by atoms with Crippen molar-refractivity contribution in [2.24, 2.45) is 0 Å². The largest absolute Gasteiger partial charge is 0.478 e. The second-order valence-electron chi connectivity index (χ2n) is 4.15. The van der Waals surface area contributed by atoms with Gasteiger partial charge in [0.1, 0.15) is 0 Å². The maximum absolute atomic E-state index is 13.4. The van der Waals surface area contributed by atoms with Crippen LogP contribution in [0.2, 0.25) is 10.0 Å². The van der Waals surface area contributed by atoms with E-state index < -0.39 is 11.8 Å². The molecule has 3 nitrogen and oxygen atoms in total. The monoisotopic (exact) mass is 301 g/mol. The summed E-state index contributed by atoms with van der Waals surface area (Å²) in [5, 5.41) is 8.87. The lowest BCUT2D eigenvalue weighted by molar-refractivity contribution is 0.0696. The van der Waals surface area contributed by atoms with Crippen LogP contribution < -0.4 is 0 Å². The van der Waals surface area contributed by atoms with Gasteiger partial charge in [0.2, 0.25) is 0 Å². The number of nitrogens with zero attached hydrogens (tertiary/aromatic N) is 1. The summed E-state index contributed by atoms with van der Waals surface area (Å²) >= 11 is 11.5. The smallest absolute Gasteiger partial charge is 0.337 e. The lowest BCUT2D eigenvalue weighted by atomic mass is 10.2. The molecule has 0 amide bonds. The second kappa shape index (κ2) is 4.87. The Morgan fingerprint density at radius 2 is 1.74 bits per heavy atom. The minimum Gasteiger partial charge on any atom is -0.478 e. The van der Waals surface area contributed by atoms with E-state index in [9.17, 15) is 9.18 Å². The zero-order chi connectivity index (χ0) is 14.3. The Morgan fingerprint density at radius 3 is 2.16 bits per heavy atom. The van der Waals surface area contributed by atoms with Gasteiger partial charge in [-0.15, -0.1) is 0 Å². The fourth-order valence-corrected chi connectivity index (χ4v) is 2.52. The molecule has 0 atom stereocenters. The molecule has 0 unspecified atom stereocenters. The first-order chi connectivity index (χ1) is 8.82. The number of carboxylic acids is 1. The molecular formula is C13H10Cl2FNO2. The summed E-state index contributed by atoms with van der Waals surface area (Å²) in [4.78, 5) is 11.1. The van der Waals surface area contributed by atoms with Crippen molar-refractivity contribution in [1.82, 2.24) is 4.57 Å². The Morgan fingerprint density at radius 1 is 1.21 bits per heavy atom. The minimum atomic E-state index is -1.02. The molecule has 0 aliphatic heterocycles. The molecule has 0 bridgehead atoms. The Bertz CT molecular complexity index is 657. The molecule has 0 aliphatic carbocycles. The molecule has 2 rings (SSSR count). The number of carbonyl (C=O) groups is 1. The molecule has 0 aliphatic rings. The molecule has 6 heteroatoms. The van der Waals surface area contributed by atoms with Crippen molar-refractivity contribution in [3.8, 4) is 5.69 Å². The number of aromatic nitrogens is 1. The first kappa shape index (κ1) is 13.9. The van der Waals surface area contributed by atoms with Gasteiger partial charge in [-0.2, -0.15) is 0 Å². The van der Waals surface area contributed by atoms with Crippen LogP contribution in [-0.2, 0) is 0 Å². The fourth-order valence-electron chi connectivity index (χ4n) is 2.05. The number of aromatic carboxylic acids is 1. The van der Waals surface area contributed by atoms with Crippen molar-refractivity contribution in [2.45, 2.75) is 13.8 Å². The van der Waals surface area contributed by atoms with Crippen LogP contribution in [0.1, 0.15) is 21.7 Å². The van der Waals surface area contributed by atoms with E-state index in [2.05, 4.69) is 0 Å². The lowest BCUT2D eigenvalue weighted by Crippen LogP contribution is -2.03. The lowest BCUT2D eigenvalue weighted by Gasteiger charge is -2.11. The highest BCUT2D eigenvalue weighted by Crippen LogP contribution is 2.29. The third-order valence-electron chi connectivity index (χ3n) is 2.89. The quantitative estimate of drug-likeness (QED) is 0.843. The van der Waals surface area contributed by atoms with Gasteiger partial charge in [0.05, 0.1) is 15.6 Å². The Hall–Kier alpha value is -1.52. The summed E-state index contributed by atoms with van der Waals surface area (Å²) in [6, 6.07) is 4.37. The second-order valence-corrected chi connectivity index (χ2v) is 4.96. The van der Waals surface area contributed by atoms with Crippen LogP contribution in [0.15, 0.2) is 18.2 Å². The summed E-state index contributed by atoms with van der Waals surface area (Å²) in [5.74, 6) is -1.70. The molecule has 2 aromatic rings. The van der Waals surface area contributed by atoms with Crippen LogP contribution >= 0.6 is 23.2 Å². The molecule has 0 spiro atoms. The van der Waals surface area contributed by atoms with Gasteiger partial charge in [0.15, 0.2) is 5.82 Å². The van der Waals surface area contributed by atoms with E-state index in [0.29, 0.717) is 17.1 Å². The summed E-state index contributed by atoms with van der Waals surface area (Å²) < 4.78 is 15.1. The van der Waals surface area contributed by atoms with Crippen molar-refractivity contribution >= 4 is 29.2 Å². The van der Waals surface area contributed by atoms with Gasteiger partial charge in [-0.3, -0.25) is 0 Å². The number of carboxylic acid groups (broad SMARTS) is 1. The normalized spacial score (nSPS) is 10.8. The highest BCUT2D eigenvalue weighted by atomic mass is 35.5. The Labute approximate surface area is 119 Å². The van der Waals surface area contributed by atoms with Crippen molar-refractivity contribution in [2.75, 3.05) is 0 Å². The first-order valence-corrected chi connectivity index (χ1v) is 6.15. The number of rotatable bonds is 2. The molecule has 100 valence electrons. The number of benzene rings is 1. The predicted octanol–water partition coefficient (Wildman–Crippen LogP) is 4.24. The van der Waals surface area contributed by atoms with Crippen molar-refractivity contribution < 1.29 is 14.3 Å². The standard InChI is InChI=1S/C13H10Cl2FNO2/c1-6-3-9(13(18)19)7(2)17(6)8-4-10(14)12(16)11(15)5-8/h3-5H,1-2H3,(H,18,19). The summed E-state index contributed by atoms with van der Waals surface area (Å²) in [5.41, 5.74) is 1.95. The van der Waals surface area contributed by atoms with Crippen molar-refractivity contribution in [1.29, 1.82) is 0 Å². The third kappa shape index (κ3) is 2.33. The van der Waals surface area contributed by atoms with Crippen molar-refractivity contribution in [3.05, 3.63) is 51.0 Å². The van der Waals surface area contributed by atoms with Crippen molar-refractivity contribution in [3.63, 3.8) is 0 Å². The minimum absolute atomic E-state index is 0.105. The summed E-state index contributed by atoms with van der Waals surface area (Å²) in [7, 11) is 0. The number of hydrogen-bond acceptors (Lipinski definition) is 1. The van der Waals surface area contributed by atoms with Gasteiger partial charge >= 0.3 is 5.97 Å². The molecular weight excluding hydrogens is 292 g/mol. The molecule has 0 saturated heterocycles. The van der Waals surface area contributed by atoms with Gasteiger partial charge < -0.3 is 9.67 Å². The molecule has 1 heterocycles. The zero-order valence-electron chi connectivity index (χ0n) is 10.2. The SMILES string of the molecule is Cc1cc(C(=O)O)c(C)n1-c1cc(Cl)c(F)c(Cl)c1. The van der Waals surface area contributed by atoms with Gasteiger partial charge in [-0.25, -0.2) is 9.18 Å². The topological polar surface area (TPSA) is 42.2 Å². The van der Waals surface area contributed by atoms with E-state index in [1.807, 2.05) is 0 Å². The molecule has 1 aromatic carbocycles. The first-order valence-electron chi connectivity index (χ1n) is 5.40. The van der Waals surface area contributed by atoms with Crippen LogP contribution in [0.3, 0.4) is 0 Å². The third-order valence-corrected chi connectivity index (χ3v) is 3.44. The maximum atomic E-state index is 13.4. The van der Waals surface area contributed by atoms with E-state index >= 15 is 0 Å². The average Bonchev–Trinajstić information content (AvgIpc) is 2.61. The van der Waals surface area contributed by atoms with E-state index in [4.69, 9.17) is 28.3 Å². The van der Waals surface area contributed by atoms with E-state index in [1.165, 1.54) is 12.1 Å². The zero-order valence-corrected chi connectivity index (χ0v) is 11.7. The molecule has 0 fully saturated rings. The average molecular weight is 302 g/mol. The molecule has 19 heavy (non-hydrogen) atoms. The van der Waals surface area contributed by atoms with Gasteiger partial charge in [-0.05, 0) is 32.0 Å². The maximum Gasteiger partial charge on any atom is 0.337 e. The van der Waals surface area contributed by atoms with Crippen LogP contribution in [0.25, 0.3) is 5.69 Å². The predicted molar refractivity (Wildman–Crippen MR) is 72.2 cm³/mol. The van der Waals surface area contributed by atoms with Crippen LogP contribution in [0.4, 0.5) is 4.39 Å². The fraction of sp³-hybridized carbons (Fsp3) is 0.154. The Kier molecular flexibility index (Phi) is 3.56. The summed E-state index contributed by atoms with van der Waals surface area (Å²) in [6.07, 6.45) is 0. The molecule has 0 saturated carbocycles. The van der Waals surface area contributed by atoms with Gasteiger partial charge in [0.25, 0.3) is 0 Å². The summed E-state index contributed by atoms with van der Waals surface area (Å²) in [6.45, 7) is 3.42.